The van der Waals surface area contributed by atoms with Gasteiger partial charge in [-0.15, -0.1) is 0 Å². The number of benzene rings is 1. The second-order valence-electron chi connectivity index (χ2n) is 5.28. The van der Waals surface area contributed by atoms with Gasteiger partial charge in [-0.2, -0.15) is 5.10 Å². The molecule has 0 saturated heterocycles. The third kappa shape index (κ3) is 2.42. The van der Waals surface area contributed by atoms with Gasteiger partial charge in [-0.3, -0.25) is 4.79 Å². The Hall–Kier alpha value is -2.21. The molecule has 3 N–H and O–H groups in total. The van der Waals surface area contributed by atoms with E-state index >= 15 is 0 Å². The molecular weight excluding hydrogens is 254 g/mol. The molecule has 1 atom stereocenters. The molecule has 1 amide bonds. The zero-order chi connectivity index (χ0) is 14.2. The summed E-state index contributed by atoms with van der Waals surface area (Å²) in [6, 6.07) is 7.77. The molecule has 1 aliphatic carbocycles. The normalized spacial score (nSPS) is 17.5. The molecule has 1 heterocycles. The zero-order valence-electron chi connectivity index (χ0n) is 11.3. The topological polar surface area (TPSA) is 85.8 Å². The van der Waals surface area contributed by atoms with Crippen LogP contribution in [0.15, 0.2) is 36.9 Å². The number of carbonyl (C=O) groups excluding carboxylic acids is 1. The van der Waals surface area contributed by atoms with Crippen molar-refractivity contribution in [2.75, 3.05) is 0 Å². The molecule has 104 valence electrons. The minimum atomic E-state index is -0.630. The van der Waals surface area contributed by atoms with E-state index < -0.39 is 5.54 Å². The van der Waals surface area contributed by atoms with E-state index in [0.29, 0.717) is 0 Å². The van der Waals surface area contributed by atoms with E-state index in [4.69, 9.17) is 5.73 Å². The van der Waals surface area contributed by atoms with Crippen LogP contribution in [0.5, 0.6) is 0 Å². The first-order chi connectivity index (χ1) is 9.58. The van der Waals surface area contributed by atoms with Gasteiger partial charge in [-0.1, -0.05) is 12.1 Å². The summed E-state index contributed by atoms with van der Waals surface area (Å²) in [4.78, 5) is 15.8. The number of nitrogens with one attached hydrogen (secondary N) is 1. The van der Waals surface area contributed by atoms with E-state index in [1.807, 2.05) is 31.2 Å². The van der Waals surface area contributed by atoms with Gasteiger partial charge >= 0.3 is 0 Å². The zero-order valence-corrected chi connectivity index (χ0v) is 11.3. The van der Waals surface area contributed by atoms with Gasteiger partial charge in [0, 0.05) is 0 Å². The number of hydrogen-bond donors (Lipinski definition) is 2. The molecule has 1 fully saturated rings. The van der Waals surface area contributed by atoms with Crippen LogP contribution in [0.3, 0.4) is 0 Å². The maximum atomic E-state index is 11.9. The van der Waals surface area contributed by atoms with Crippen molar-refractivity contribution >= 4 is 5.91 Å². The van der Waals surface area contributed by atoms with Crippen molar-refractivity contribution < 1.29 is 4.79 Å². The van der Waals surface area contributed by atoms with Crippen LogP contribution in [-0.4, -0.2) is 26.2 Å². The van der Waals surface area contributed by atoms with E-state index in [9.17, 15) is 4.79 Å². The van der Waals surface area contributed by atoms with Crippen LogP contribution < -0.4 is 11.1 Å². The highest BCUT2D eigenvalue weighted by atomic mass is 16.2. The molecule has 1 aliphatic rings. The van der Waals surface area contributed by atoms with Crippen LogP contribution in [-0.2, 0) is 4.79 Å². The van der Waals surface area contributed by atoms with Gasteiger partial charge in [-0.25, -0.2) is 9.67 Å². The van der Waals surface area contributed by atoms with Crippen molar-refractivity contribution in [2.45, 2.75) is 31.3 Å². The summed E-state index contributed by atoms with van der Waals surface area (Å²) in [5, 5.41) is 7.02. The van der Waals surface area contributed by atoms with Crippen molar-refractivity contribution in [3.63, 3.8) is 0 Å². The van der Waals surface area contributed by atoms with Gasteiger partial charge in [-0.05, 0) is 37.5 Å². The number of nitrogens with zero attached hydrogens (tertiary/aromatic N) is 3. The van der Waals surface area contributed by atoms with Crippen LogP contribution in [0.2, 0.25) is 0 Å². The molecule has 20 heavy (non-hydrogen) atoms. The van der Waals surface area contributed by atoms with E-state index in [1.54, 1.807) is 11.0 Å². The molecule has 1 aromatic heterocycles. The minimum absolute atomic E-state index is 0.0617. The monoisotopic (exact) mass is 271 g/mol. The van der Waals surface area contributed by atoms with Gasteiger partial charge in [0.05, 0.1) is 17.3 Å². The number of rotatable bonds is 4. The quantitative estimate of drug-likeness (QED) is 0.866. The first-order valence-corrected chi connectivity index (χ1v) is 6.63. The molecule has 3 rings (SSSR count). The summed E-state index contributed by atoms with van der Waals surface area (Å²) in [5.41, 5.74) is 7.21. The largest absolute Gasteiger partial charge is 0.348 e. The molecule has 1 unspecified atom stereocenters. The van der Waals surface area contributed by atoms with Crippen molar-refractivity contribution in [1.82, 2.24) is 20.1 Å². The summed E-state index contributed by atoms with van der Waals surface area (Å²) >= 11 is 0. The molecule has 1 saturated carbocycles. The number of nitrogens with two attached hydrogens (primary N) is 1. The van der Waals surface area contributed by atoms with E-state index in [2.05, 4.69) is 15.4 Å². The molecule has 2 aromatic rings. The summed E-state index contributed by atoms with van der Waals surface area (Å²) in [6.45, 7) is 1.95. The minimum Gasteiger partial charge on any atom is -0.348 e. The first-order valence-electron chi connectivity index (χ1n) is 6.63. The van der Waals surface area contributed by atoms with Crippen molar-refractivity contribution in [3.05, 3.63) is 42.5 Å². The van der Waals surface area contributed by atoms with Crippen LogP contribution >= 0.6 is 0 Å². The highest BCUT2D eigenvalue weighted by Crippen LogP contribution is 2.32. The van der Waals surface area contributed by atoms with Crippen molar-refractivity contribution in [3.8, 4) is 5.69 Å². The second-order valence-corrected chi connectivity index (χ2v) is 5.28. The molecule has 6 heteroatoms. The molecule has 0 aliphatic heterocycles. The Balaban J connectivity index is 1.69. The summed E-state index contributed by atoms with van der Waals surface area (Å²) in [5.74, 6) is -0.0645. The third-order valence-corrected chi connectivity index (χ3v) is 3.66. The van der Waals surface area contributed by atoms with Crippen LogP contribution in [0.1, 0.15) is 31.4 Å². The molecule has 0 bridgehead atoms. The van der Waals surface area contributed by atoms with E-state index in [0.717, 1.165) is 24.1 Å². The number of carbonyl (C=O) groups is 1. The number of aromatic nitrogens is 3. The standard InChI is InChI=1S/C14H17N5O/c1-10(18-13(20)14(15)6-7-14)11-2-4-12(5-3-11)19-9-16-8-17-19/h2-5,8-10H,6-7,15H2,1H3,(H,18,20). The SMILES string of the molecule is CC(NC(=O)C1(N)CC1)c1ccc(-n2cncn2)cc1. The van der Waals surface area contributed by atoms with Gasteiger partial charge in [0.25, 0.3) is 0 Å². The summed E-state index contributed by atoms with van der Waals surface area (Å²) < 4.78 is 1.69. The lowest BCUT2D eigenvalue weighted by Gasteiger charge is -2.17. The summed E-state index contributed by atoms with van der Waals surface area (Å²) in [6.07, 6.45) is 4.69. The fourth-order valence-electron chi connectivity index (χ4n) is 2.04. The van der Waals surface area contributed by atoms with E-state index in [1.165, 1.54) is 6.33 Å². The predicted molar refractivity (Wildman–Crippen MR) is 74.1 cm³/mol. The van der Waals surface area contributed by atoms with Gasteiger partial charge in [0.2, 0.25) is 5.91 Å². The fourth-order valence-corrected chi connectivity index (χ4v) is 2.04. The number of hydrogen-bond acceptors (Lipinski definition) is 4. The van der Waals surface area contributed by atoms with Crippen molar-refractivity contribution in [1.29, 1.82) is 0 Å². The Kier molecular flexibility index (Phi) is 3.02. The fraction of sp³-hybridized carbons (Fsp3) is 0.357. The molecule has 6 nitrogen and oxygen atoms in total. The molecule has 1 aromatic carbocycles. The average molecular weight is 271 g/mol. The van der Waals surface area contributed by atoms with Gasteiger partial charge in [0.15, 0.2) is 0 Å². The Labute approximate surface area is 117 Å². The van der Waals surface area contributed by atoms with E-state index in [-0.39, 0.29) is 11.9 Å². The van der Waals surface area contributed by atoms with Gasteiger partial charge < -0.3 is 11.1 Å². The third-order valence-electron chi connectivity index (χ3n) is 3.66. The van der Waals surface area contributed by atoms with Gasteiger partial charge in [0.1, 0.15) is 12.7 Å². The Bertz CT molecular complexity index is 601. The van der Waals surface area contributed by atoms with Crippen LogP contribution in [0.4, 0.5) is 0 Å². The van der Waals surface area contributed by atoms with Crippen LogP contribution in [0, 0.1) is 0 Å². The smallest absolute Gasteiger partial charge is 0.240 e. The lowest BCUT2D eigenvalue weighted by molar-refractivity contribution is -0.123. The van der Waals surface area contributed by atoms with Crippen LogP contribution in [0.25, 0.3) is 5.69 Å². The summed E-state index contributed by atoms with van der Waals surface area (Å²) in [7, 11) is 0. The first kappa shape index (κ1) is 12.8. The van der Waals surface area contributed by atoms with Crippen molar-refractivity contribution in [2.24, 2.45) is 5.73 Å². The highest BCUT2D eigenvalue weighted by molar-refractivity contribution is 5.89. The highest BCUT2D eigenvalue weighted by Gasteiger charge is 2.46. The predicted octanol–water partition coefficient (Wildman–Crippen LogP) is 0.936. The number of amides is 1. The lowest BCUT2D eigenvalue weighted by Crippen LogP contribution is -2.43. The Morgan fingerprint density at radius 2 is 2.10 bits per heavy atom. The second kappa shape index (κ2) is 4.72. The molecule has 0 radical (unpaired) electrons. The Morgan fingerprint density at radius 3 is 2.65 bits per heavy atom. The molecular formula is C14H17N5O. The maximum Gasteiger partial charge on any atom is 0.240 e. The lowest BCUT2D eigenvalue weighted by atomic mass is 10.1. The average Bonchev–Trinajstić information content (AvgIpc) is 3.00. The maximum absolute atomic E-state index is 11.9. The molecule has 0 spiro atoms. The Morgan fingerprint density at radius 1 is 1.40 bits per heavy atom.